The van der Waals surface area contributed by atoms with Gasteiger partial charge in [0.05, 0.1) is 25.9 Å². The normalized spacial score (nSPS) is 10.8. The van der Waals surface area contributed by atoms with E-state index in [1.54, 1.807) is 29.1 Å². The van der Waals surface area contributed by atoms with Crippen LogP contribution in [-0.4, -0.2) is 71.6 Å². The molecular formula is C24H25N5O8S. The number of aliphatic hydroxyl groups excluding tert-OH is 1. The van der Waals surface area contributed by atoms with Crippen LogP contribution < -0.4 is 25.2 Å². The molecule has 0 spiro atoms. The first kappa shape index (κ1) is 26.8. The Morgan fingerprint density at radius 2 is 1.95 bits per heavy atom. The number of hydrogen-bond donors (Lipinski definition) is 2. The molecule has 13 nitrogen and oxygen atoms in total. The number of methoxy groups -OCH3 is 2. The molecule has 3 aromatic heterocycles. The third kappa shape index (κ3) is 5.82. The molecule has 0 saturated heterocycles. The number of nitrogens with one attached hydrogen (secondary N) is 1. The molecule has 38 heavy (non-hydrogen) atoms. The summed E-state index contributed by atoms with van der Waals surface area (Å²) in [6, 6.07) is 8.15. The van der Waals surface area contributed by atoms with Crippen molar-refractivity contribution in [2.24, 2.45) is 0 Å². The largest absolute Gasteiger partial charge is 0.496 e. The minimum absolute atomic E-state index is 0.01000. The standard InChI is InChI=1S/C24H25N5O8S/c1-14-7-8-25-29(14)24-28-27-23(38-24)26-21(31)18-13-15(20(22(32)37-18)36-12-11-33-2)19-16(34-3)5-4-6-17(19)35-10-9-30/h4-8,13,30H,9-12H2,1-3H3,(H,26,27,31). The van der Waals surface area contributed by atoms with Gasteiger partial charge < -0.3 is 28.5 Å². The number of ether oxygens (including phenoxy) is 4. The molecule has 0 aliphatic carbocycles. The van der Waals surface area contributed by atoms with Crippen LogP contribution in [0.1, 0.15) is 16.2 Å². The lowest BCUT2D eigenvalue weighted by Crippen LogP contribution is -2.18. The molecule has 0 fully saturated rings. The summed E-state index contributed by atoms with van der Waals surface area (Å²) in [7, 11) is 2.95. The second-order valence-corrected chi connectivity index (χ2v) is 8.57. The summed E-state index contributed by atoms with van der Waals surface area (Å²) >= 11 is 1.09. The first-order valence-corrected chi connectivity index (χ1v) is 12.1. The van der Waals surface area contributed by atoms with Crippen molar-refractivity contribution >= 4 is 22.4 Å². The molecule has 0 aliphatic rings. The molecule has 3 heterocycles. The van der Waals surface area contributed by atoms with Crippen LogP contribution in [-0.2, 0) is 4.74 Å². The van der Waals surface area contributed by atoms with Gasteiger partial charge in [-0.1, -0.05) is 17.4 Å². The summed E-state index contributed by atoms with van der Waals surface area (Å²) in [6.07, 6.45) is 1.62. The SMILES string of the molecule is COCCOc1c(-c2c(OC)cccc2OCCO)cc(C(=O)Nc2nnc(-n3nccc3C)s2)oc1=O. The average Bonchev–Trinajstić information content (AvgIpc) is 3.56. The fraction of sp³-hybridized carbons (Fsp3) is 0.292. The van der Waals surface area contributed by atoms with Crippen molar-refractivity contribution < 1.29 is 33.3 Å². The molecule has 200 valence electrons. The lowest BCUT2D eigenvalue weighted by atomic mass is 10.0. The van der Waals surface area contributed by atoms with Crippen LogP contribution >= 0.6 is 11.3 Å². The van der Waals surface area contributed by atoms with Crippen molar-refractivity contribution in [3.8, 4) is 33.5 Å². The number of rotatable bonds is 12. The predicted molar refractivity (Wildman–Crippen MR) is 137 cm³/mol. The molecule has 0 unspecified atom stereocenters. The first-order chi connectivity index (χ1) is 18.5. The molecule has 4 rings (SSSR count). The number of carbonyl (C=O) groups is 1. The highest BCUT2D eigenvalue weighted by molar-refractivity contribution is 7.17. The molecule has 1 aromatic carbocycles. The van der Waals surface area contributed by atoms with Gasteiger partial charge in [-0.05, 0) is 31.2 Å². The number of anilines is 1. The van der Waals surface area contributed by atoms with E-state index >= 15 is 0 Å². The molecule has 14 heteroatoms. The Kier molecular flexibility index (Phi) is 8.68. The molecule has 0 atom stereocenters. The highest BCUT2D eigenvalue weighted by Crippen LogP contribution is 2.42. The summed E-state index contributed by atoms with van der Waals surface area (Å²) in [5, 5.41) is 24.7. The molecule has 0 saturated carbocycles. The molecule has 0 radical (unpaired) electrons. The summed E-state index contributed by atoms with van der Waals surface area (Å²) in [5.74, 6) is -0.563. The Morgan fingerprint density at radius 1 is 1.13 bits per heavy atom. The smallest absolute Gasteiger partial charge is 0.379 e. The summed E-state index contributed by atoms with van der Waals surface area (Å²) in [5.41, 5.74) is 0.478. The van der Waals surface area contributed by atoms with Crippen molar-refractivity contribution in [1.29, 1.82) is 0 Å². The maximum atomic E-state index is 13.1. The second kappa shape index (κ2) is 12.3. The van der Waals surface area contributed by atoms with E-state index in [1.807, 2.05) is 13.0 Å². The third-order valence-corrected chi connectivity index (χ3v) is 5.95. The van der Waals surface area contributed by atoms with Gasteiger partial charge in [0.15, 0.2) is 5.76 Å². The number of amides is 1. The Labute approximate surface area is 220 Å². The topological polar surface area (TPSA) is 160 Å². The van der Waals surface area contributed by atoms with Crippen LogP contribution in [0, 0.1) is 6.92 Å². The fourth-order valence-corrected chi connectivity index (χ4v) is 4.20. The van der Waals surface area contributed by atoms with E-state index in [1.165, 1.54) is 20.3 Å². The van der Waals surface area contributed by atoms with Crippen LogP contribution in [0.5, 0.6) is 17.2 Å². The van der Waals surface area contributed by atoms with Crippen molar-refractivity contribution in [3.05, 3.63) is 58.4 Å². The van der Waals surface area contributed by atoms with Crippen LogP contribution in [0.2, 0.25) is 0 Å². The monoisotopic (exact) mass is 543 g/mol. The van der Waals surface area contributed by atoms with Crippen molar-refractivity contribution in [2.45, 2.75) is 6.92 Å². The van der Waals surface area contributed by atoms with Gasteiger partial charge in [-0.15, -0.1) is 10.2 Å². The fourth-order valence-electron chi connectivity index (χ4n) is 3.45. The zero-order chi connectivity index (χ0) is 27.1. The number of nitrogens with zero attached hydrogens (tertiary/aromatic N) is 4. The van der Waals surface area contributed by atoms with Gasteiger partial charge in [0, 0.05) is 24.6 Å². The van der Waals surface area contributed by atoms with Crippen molar-refractivity contribution in [1.82, 2.24) is 20.0 Å². The lowest BCUT2D eigenvalue weighted by Gasteiger charge is -2.17. The summed E-state index contributed by atoms with van der Waals surface area (Å²) in [4.78, 5) is 26.1. The van der Waals surface area contributed by atoms with E-state index in [0.29, 0.717) is 22.2 Å². The Morgan fingerprint density at radius 3 is 2.66 bits per heavy atom. The highest BCUT2D eigenvalue weighted by Gasteiger charge is 2.25. The molecule has 4 aromatic rings. The molecule has 0 aliphatic heterocycles. The van der Waals surface area contributed by atoms with Gasteiger partial charge in [-0.3, -0.25) is 10.1 Å². The number of carbonyl (C=O) groups excluding carboxylic acids is 1. The molecule has 0 bridgehead atoms. The van der Waals surface area contributed by atoms with E-state index < -0.39 is 11.5 Å². The van der Waals surface area contributed by atoms with E-state index in [9.17, 15) is 14.7 Å². The van der Waals surface area contributed by atoms with Gasteiger partial charge in [0.25, 0.3) is 5.91 Å². The lowest BCUT2D eigenvalue weighted by molar-refractivity contribution is 0.0990. The highest BCUT2D eigenvalue weighted by atomic mass is 32.1. The molecule has 1 amide bonds. The summed E-state index contributed by atoms with van der Waals surface area (Å²) in [6.45, 7) is 1.86. The number of hydrogen-bond acceptors (Lipinski definition) is 12. The third-order valence-electron chi connectivity index (χ3n) is 5.14. The van der Waals surface area contributed by atoms with Gasteiger partial charge in [-0.2, -0.15) is 5.10 Å². The van der Waals surface area contributed by atoms with Gasteiger partial charge in [-0.25, -0.2) is 9.48 Å². The maximum Gasteiger partial charge on any atom is 0.379 e. The summed E-state index contributed by atoms with van der Waals surface area (Å²) < 4.78 is 28.8. The van der Waals surface area contributed by atoms with E-state index in [4.69, 9.17) is 23.4 Å². The maximum absolute atomic E-state index is 13.1. The number of aromatic nitrogens is 4. The van der Waals surface area contributed by atoms with E-state index in [0.717, 1.165) is 17.0 Å². The minimum Gasteiger partial charge on any atom is -0.496 e. The quantitative estimate of drug-likeness (QED) is 0.252. The first-order valence-electron chi connectivity index (χ1n) is 11.3. The van der Waals surface area contributed by atoms with Gasteiger partial charge >= 0.3 is 5.63 Å². The van der Waals surface area contributed by atoms with E-state index in [2.05, 4.69) is 20.6 Å². The van der Waals surface area contributed by atoms with Crippen LogP contribution in [0.25, 0.3) is 16.3 Å². The second-order valence-electron chi connectivity index (χ2n) is 7.62. The minimum atomic E-state index is -0.895. The Balaban J connectivity index is 1.74. The van der Waals surface area contributed by atoms with Crippen molar-refractivity contribution in [2.75, 3.05) is 46.0 Å². The van der Waals surface area contributed by atoms with Gasteiger partial charge in [0.1, 0.15) is 24.7 Å². The van der Waals surface area contributed by atoms with Gasteiger partial charge in [0.2, 0.25) is 16.0 Å². The Bertz CT molecular complexity index is 1460. The number of aryl methyl sites for hydroxylation is 1. The molecular weight excluding hydrogens is 518 g/mol. The van der Waals surface area contributed by atoms with E-state index in [-0.39, 0.29) is 48.6 Å². The Hall–Kier alpha value is -4.27. The van der Waals surface area contributed by atoms with Crippen LogP contribution in [0.4, 0.5) is 5.13 Å². The zero-order valence-corrected chi connectivity index (χ0v) is 21.6. The molecule has 2 N–H and O–H groups in total. The van der Waals surface area contributed by atoms with Crippen LogP contribution in [0.15, 0.2) is 45.7 Å². The number of benzene rings is 1. The predicted octanol–water partition coefficient (Wildman–Crippen LogP) is 2.31. The van der Waals surface area contributed by atoms with Crippen LogP contribution in [0.3, 0.4) is 0 Å². The average molecular weight is 544 g/mol. The number of aliphatic hydroxyl groups is 1. The zero-order valence-electron chi connectivity index (χ0n) is 20.8. The van der Waals surface area contributed by atoms with Crippen molar-refractivity contribution in [3.63, 3.8) is 0 Å².